The minimum atomic E-state index is -4.14. The van der Waals surface area contributed by atoms with E-state index in [1.165, 1.54) is 18.0 Å². The Morgan fingerprint density at radius 2 is 1.07 bits per heavy atom. The highest BCUT2D eigenvalue weighted by Crippen LogP contribution is 2.47. The molecule has 5 fully saturated rings. The number of halogens is 4. The highest BCUT2D eigenvalue weighted by molar-refractivity contribution is 6.62. The molecule has 426 valence electrons. The summed E-state index contributed by atoms with van der Waals surface area (Å²) in [4.78, 5) is 22.3. The molecule has 7 aromatic rings. The van der Waals surface area contributed by atoms with Crippen molar-refractivity contribution in [3.05, 3.63) is 162 Å². The molecule has 0 amide bonds. The molecular weight excluding hydrogens is 1040 g/mol. The summed E-state index contributed by atoms with van der Waals surface area (Å²) in [6, 6.07) is 28.8. The van der Waals surface area contributed by atoms with Crippen molar-refractivity contribution in [2.75, 3.05) is 72.0 Å². The van der Waals surface area contributed by atoms with Crippen LogP contribution in [-0.4, -0.2) is 121 Å². The Morgan fingerprint density at radius 3 is 1.49 bits per heavy atom. The predicted molar refractivity (Wildman–Crippen MR) is 303 cm³/mol. The molecule has 0 radical (unpaired) electrons. The van der Waals surface area contributed by atoms with Gasteiger partial charge < -0.3 is 44.2 Å². The van der Waals surface area contributed by atoms with Gasteiger partial charge in [-0.15, -0.1) is 5.10 Å². The minimum absolute atomic E-state index is 0. The van der Waals surface area contributed by atoms with E-state index in [0.29, 0.717) is 23.5 Å². The Hall–Kier alpha value is -7.04. The van der Waals surface area contributed by atoms with Crippen LogP contribution >= 0.6 is 0 Å². The molecule has 3 aromatic carbocycles. The Kier molecular flexibility index (Phi) is 16.3. The number of rotatable bonds is 15. The van der Waals surface area contributed by atoms with Crippen molar-refractivity contribution < 1.29 is 42.2 Å². The van der Waals surface area contributed by atoms with Crippen molar-refractivity contribution in [3.8, 4) is 11.1 Å². The first-order chi connectivity index (χ1) is 38.4. The summed E-state index contributed by atoms with van der Waals surface area (Å²) in [5.74, 6) is -5.73. The van der Waals surface area contributed by atoms with E-state index < -0.39 is 53.2 Å². The van der Waals surface area contributed by atoms with Gasteiger partial charge in [-0.2, -0.15) is 8.78 Å². The fraction of sp³-hybridized carbons (Fsp3) is 0.433. The number of piperazine rings is 2. The van der Waals surface area contributed by atoms with Gasteiger partial charge in [-0.25, -0.2) is 13.5 Å². The zero-order valence-electron chi connectivity index (χ0n) is 45.3. The maximum atomic E-state index is 16.1. The topological polar surface area (TPSA) is 174 Å². The lowest BCUT2D eigenvalue weighted by Crippen LogP contribution is -2.48. The Bertz CT molecular complexity index is 3180. The van der Waals surface area contributed by atoms with E-state index in [1.807, 2.05) is 54.9 Å². The molecule has 0 spiro atoms. The number of pyridine rings is 3. The third kappa shape index (κ3) is 12.1. The van der Waals surface area contributed by atoms with Crippen LogP contribution in [0.3, 0.4) is 0 Å². The maximum Gasteiger partial charge on any atom is 0.494 e. The number of anilines is 4. The molecule has 2 saturated carbocycles. The van der Waals surface area contributed by atoms with Crippen LogP contribution in [0.25, 0.3) is 11.1 Å². The summed E-state index contributed by atoms with van der Waals surface area (Å²) in [7, 11) is -0.320. The number of aromatic nitrogens is 7. The van der Waals surface area contributed by atoms with E-state index in [-0.39, 0.29) is 25.7 Å². The fourth-order valence-electron chi connectivity index (χ4n) is 10.6. The largest absolute Gasteiger partial charge is 0.494 e. The van der Waals surface area contributed by atoms with Gasteiger partial charge in [0.1, 0.15) is 23.7 Å². The first-order valence-electron chi connectivity index (χ1n) is 27.4. The number of hydrogen-bond donors (Lipinski definition) is 3. The Balaban J connectivity index is 0.000000194. The summed E-state index contributed by atoms with van der Waals surface area (Å²) in [6.45, 7) is 14.4. The number of alkyl halides is 2. The van der Waals surface area contributed by atoms with Crippen molar-refractivity contribution in [2.24, 2.45) is 11.8 Å². The van der Waals surface area contributed by atoms with Crippen molar-refractivity contribution in [1.29, 1.82) is 0 Å². The summed E-state index contributed by atoms with van der Waals surface area (Å²) >= 11 is 0. The second kappa shape index (κ2) is 23.1. The molecule has 4 aromatic heterocycles. The molecular formula is C60H70BF4N11O5. The lowest BCUT2D eigenvalue weighted by molar-refractivity contribution is -0.207. The molecule has 16 nitrogen and oxygen atoms in total. The van der Waals surface area contributed by atoms with E-state index in [9.17, 15) is 24.1 Å². The molecule has 3 saturated heterocycles. The standard InChI is InChI=1S/C34H32F4N8O2.C25H34BN3O3.CH4/c35-25-6-10-28(29(36)17-25)33(48,20-46-21-41-42-43-46)34(37,38)31-12-5-24(18-40-31)22-3-7-26(8-4-22)44-13-15-45(16-14-44)27-9-11-30(39-19-27)32(47)23-1-2-23;1-24(2)25(3,4)32-26(31-24)19-7-9-20(10-8-19)28-13-15-29(16-14-28)21-11-12-22(27-17-21)23(30)18-5-6-18;/h3-12,17-19,21,23,32,47-48H,1-2,13-16,20H2;7-12,17-18,23,30H,5-6,13-16H2,1-4H3;1H4/t32?,33-;;/m0../s1. The van der Waals surface area contributed by atoms with Gasteiger partial charge in [0.25, 0.3) is 0 Å². The summed E-state index contributed by atoms with van der Waals surface area (Å²) in [5, 5.41) is 42.3. The molecule has 2 aliphatic carbocycles. The van der Waals surface area contributed by atoms with Gasteiger partial charge in [0.05, 0.1) is 65.1 Å². The number of hydrogen-bond acceptors (Lipinski definition) is 15. The van der Waals surface area contributed by atoms with Crippen LogP contribution in [-0.2, 0) is 27.4 Å². The average molecular weight is 1110 g/mol. The highest BCUT2D eigenvalue weighted by atomic mass is 19.3. The molecule has 81 heavy (non-hydrogen) atoms. The quantitative estimate of drug-likeness (QED) is 0.0657. The van der Waals surface area contributed by atoms with Gasteiger partial charge in [0, 0.05) is 87.1 Å². The smallest absolute Gasteiger partial charge is 0.399 e. The predicted octanol–water partition coefficient (Wildman–Crippen LogP) is 8.65. The van der Waals surface area contributed by atoms with Gasteiger partial charge in [0.2, 0.25) is 0 Å². The molecule has 7 heterocycles. The van der Waals surface area contributed by atoms with Crippen molar-refractivity contribution in [1.82, 2.24) is 35.2 Å². The van der Waals surface area contributed by atoms with Gasteiger partial charge >= 0.3 is 13.0 Å². The summed E-state index contributed by atoms with van der Waals surface area (Å²) < 4.78 is 73.8. The fourth-order valence-corrected chi connectivity index (χ4v) is 10.6. The number of nitrogens with zero attached hydrogens (tertiary/aromatic N) is 11. The van der Waals surface area contributed by atoms with Gasteiger partial charge in [-0.3, -0.25) is 15.0 Å². The average Bonchev–Trinajstić information content (AvgIpc) is 4.30. The van der Waals surface area contributed by atoms with Crippen LogP contribution in [0, 0.1) is 23.5 Å². The molecule has 5 aliphatic rings. The summed E-state index contributed by atoms with van der Waals surface area (Å²) in [5.41, 5.74) is 2.79. The van der Waals surface area contributed by atoms with Gasteiger partial charge in [0.15, 0.2) is 5.60 Å². The zero-order valence-corrected chi connectivity index (χ0v) is 45.3. The number of tetrazole rings is 1. The molecule has 0 bridgehead atoms. The Labute approximate surface area is 470 Å². The van der Waals surface area contributed by atoms with Crippen LogP contribution in [0.15, 0.2) is 128 Å². The van der Waals surface area contributed by atoms with Crippen molar-refractivity contribution >= 4 is 35.3 Å². The molecule has 3 aliphatic heterocycles. The van der Waals surface area contributed by atoms with E-state index >= 15 is 8.78 Å². The van der Waals surface area contributed by atoms with Crippen molar-refractivity contribution in [2.45, 2.75) is 102 Å². The van der Waals surface area contributed by atoms with Crippen LogP contribution < -0.4 is 25.1 Å². The van der Waals surface area contributed by atoms with Crippen LogP contribution in [0.1, 0.15) is 95.7 Å². The first-order valence-corrected chi connectivity index (χ1v) is 27.4. The number of aliphatic hydroxyl groups excluding tert-OH is 2. The normalized spacial score (nSPS) is 19.5. The van der Waals surface area contributed by atoms with Crippen LogP contribution in [0.5, 0.6) is 0 Å². The van der Waals surface area contributed by atoms with Gasteiger partial charge in [-0.05, 0) is 153 Å². The molecule has 2 unspecified atom stereocenters. The van der Waals surface area contributed by atoms with E-state index in [1.54, 1.807) is 0 Å². The maximum absolute atomic E-state index is 16.1. The SMILES string of the molecule is C.CC1(C)OB(c2ccc(N3CCN(c4ccc(C(O)C5CC5)nc4)CC3)cc2)OC1(C)C.OC(c1ccc(N2CCN(c3ccc(-c4ccc(C(F)(F)[C@](O)(Cn5cnnn5)c5ccc(F)cc5F)nc4)cc3)CC2)cn1)C1CC1. The molecule has 3 N–H and O–H groups in total. The lowest BCUT2D eigenvalue weighted by Gasteiger charge is -2.37. The monoisotopic (exact) mass is 1110 g/mol. The number of aliphatic hydroxyl groups is 3. The first kappa shape index (κ1) is 57.2. The Morgan fingerprint density at radius 1 is 0.605 bits per heavy atom. The van der Waals surface area contributed by atoms with E-state index in [0.717, 1.165) is 147 Å². The lowest BCUT2D eigenvalue weighted by atomic mass is 9.79. The third-order valence-electron chi connectivity index (χ3n) is 16.7. The highest BCUT2D eigenvalue weighted by Gasteiger charge is 2.58. The van der Waals surface area contributed by atoms with Gasteiger partial charge in [-0.1, -0.05) is 37.8 Å². The van der Waals surface area contributed by atoms with Crippen LogP contribution in [0.2, 0.25) is 0 Å². The molecule has 12 rings (SSSR count). The van der Waals surface area contributed by atoms with Crippen LogP contribution in [0.4, 0.5) is 40.3 Å². The van der Waals surface area contributed by atoms with E-state index in [4.69, 9.17) is 9.31 Å². The third-order valence-corrected chi connectivity index (χ3v) is 16.7. The second-order valence-electron chi connectivity index (χ2n) is 22.6. The minimum Gasteiger partial charge on any atom is -0.399 e. The number of benzene rings is 3. The summed E-state index contributed by atoms with van der Waals surface area (Å²) in [6.07, 6.45) is 9.45. The molecule has 3 atom stereocenters. The van der Waals surface area contributed by atoms with Crippen molar-refractivity contribution in [3.63, 3.8) is 0 Å². The molecule has 21 heteroatoms. The van der Waals surface area contributed by atoms with E-state index in [2.05, 4.69) is 108 Å². The second-order valence-corrected chi connectivity index (χ2v) is 22.6. The zero-order chi connectivity index (χ0) is 56.0.